The van der Waals surface area contributed by atoms with Crippen molar-refractivity contribution in [1.29, 1.82) is 0 Å². The summed E-state index contributed by atoms with van der Waals surface area (Å²) in [6, 6.07) is 0. The highest BCUT2D eigenvalue weighted by Gasteiger charge is 2.33. The standard InChI is InChI=1S/C10H14N2O/c1-7-8(2)13-9(12-7)10(11)5-3-4-6-10/h3-4H,5-6,11H2,1-2H3. The molecule has 0 atom stereocenters. The van der Waals surface area contributed by atoms with E-state index in [2.05, 4.69) is 17.1 Å². The number of hydrogen-bond acceptors (Lipinski definition) is 3. The van der Waals surface area contributed by atoms with Crippen molar-refractivity contribution < 1.29 is 4.42 Å². The second-order valence-electron chi connectivity index (χ2n) is 3.70. The lowest BCUT2D eigenvalue weighted by molar-refractivity contribution is 0.336. The van der Waals surface area contributed by atoms with E-state index >= 15 is 0 Å². The summed E-state index contributed by atoms with van der Waals surface area (Å²) in [4.78, 5) is 4.33. The van der Waals surface area contributed by atoms with Crippen LogP contribution in [0, 0.1) is 13.8 Å². The van der Waals surface area contributed by atoms with Gasteiger partial charge in [-0.1, -0.05) is 12.2 Å². The van der Waals surface area contributed by atoms with Crippen LogP contribution in [-0.2, 0) is 5.54 Å². The maximum atomic E-state index is 6.14. The first-order valence-electron chi connectivity index (χ1n) is 4.50. The number of aromatic nitrogens is 1. The minimum Gasteiger partial charge on any atom is -0.444 e. The van der Waals surface area contributed by atoms with Crippen LogP contribution in [0.2, 0.25) is 0 Å². The summed E-state index contributed by atoms with van der Waals surface area (Å²) in [5, 5.41) is 0. The number of aryl methyl sites for hydroxylation is 2. The fourth-order valence-corrected chi connectivity index (χ4v) is 1.53. The van der Waals surface area contributed by atoms with Crippen molar-refractivity contribution in [1.82, 2.24) is 4.98 Å². The monoisotopic (exact) mass is 178 g/mol. The number of nitrogens with zero attached hydrogens (tertiary/aromatic N) is 1. The second kappa shape index (κ2) is 2.70. The Balaban J connectivity index is 2.35. The van der Waals surface area contributed by atoms with E-state index in [0.29, 0.717) is 5.89 Å². The highest BCUT2D eigenvalue weighted by Crippen LogP contribution is 2.31. The Bertz CT molecular complexity index is 324. The molecule has 0 bridgehead atoms. The average molecular weight is 178 g/mol. The maximum absolute atomic E-state index is 6.14. The third-order valence-electron chi connectivity index (χ3n) is 2.59. The van der Waals surface area contributed by atoms with Crippen LogP contribution >= 0.6 is 0 Å². The van der Waals surface area contributed by atoms with E-state index in [9.17, 15) is 0 Å². The lowest BCUT2D eigenvalue weighted by atomic mass is 9.98. The molecule has 3 heteroatoms. The van der Waals surface area contributed by atoms with Crippen LogP contribution in [0.4, 0.5) is 0 Å². The normalized spacial score (nSPS) is 19.6. The maximum Gasteiger partial charge on any atom is 0.215 e. The van der Waals surface area contributed by atoms with E-state index in [-0.39, 0.29) is 5.54 Å². The van der Waals surface area contributed by atoms with Gasteiger partial charge in [0.05, 0.1) is 11.2 Å². The molecule has 0 amide bonds. The fraction of sp³-hybridized carbons (Fsp3) is 0.500. The van der Waals surface area contributed by atoms with Crippen molar-refractivity contribution in [2.24, 2.45) is 5.73 Å². The molecule has 1 aromatic rings. The number of nitrogens with two attached hydrogens (primary N) is 1. The van der Waals surface area contributed by atoms with E-state index in [1.165, 1.54) is 0 Å². The molecular weight excluding hydrogens is 164 g/mol. The van der Waals surface area contributed by atoms with Crippen molar-refractivity contribution in [3.63, 3.8) is 0 Å². The summed E-state index contributed by atoms with van der Waals surface area (Å²) < 4.78 is 5.53. The van der Waals surface area contributed by atoms with Gasteiger partial charge in [0.1, 0.15) is 5.76 Å². The zero-order chi connectivity index (χ0) is 9.47. The van der Waals surface area contributed by atoms with Gasteiger partial charge < -0.3 is 10.2 Å². The van der Waals surface area contributed by atoms with E-state index in [1.807, 2.05) is 13.8 Å². The second-order valence-corrected chi connectivity index (χ2v) is 3.70. The van der Waals surface area contributed by atoms with E-state index < -0.39 is 0 Å². The molecule has 1 aliphatic rings. The van der Waals surface area contributed by atoms with Crippen molar-refractivity contribution in [2.75, 3.05) is 0 Å². The molecule has 13 heavy (non-hydrogen) atoms. The first kappa shape index (κ1) is 8.51. The van der Waals surface area contributed by atoms with Crippen molar-refractivity contribution in [3.05, 3.63) is 29.5 Å². The molecule has 0 aromatic carbocycles. The topological polar surface area (TPSA) is 52.0 Å². The van der Waals surface area contributed by atoms with Crippen LogP contribution < -0.4 is 5.73 Å². The van der Waals surface area contributed by atoms with Crippen molar-refractivity contribution >= 4 is 0 Å². The quantitative estimate of drug-likeness (QED) is 0.667. The number of rotatable bonds is 1. The van der Waals surface area contributed by atoms with Crippen LogP contribution in [0.25, 0.3) is 0 Å². The Kier molecular flexibility index (Phi) is 1.77. The summed E-state index contributed by atoms with van der Waals surface area (Å²) in [6.45, 7) is 3.85. The highest BCUT2D eigenvalue weighted by molar-refractivity contribution is 5.18. The lowest BCUT2D eigenvalue weighted by Gasteiger charge is -2.18. The minimum absolute atomic E-state index is 0.390. The van der Waals surface area contributed by atoms with Gasteiger partial charge in [0.15, 0.2) is 0 Å². The van der Waals surface area contributed by atoms with Gasteiger partial charge in [-0.05, 0) is 26.7 Å². The van der Waals surface area contributed by atoms with E-state index in [4.69, 9.17) is 10.2 Å². The Labute approximate surface area is 77.6 Å². The van der Waals surface area contributed by atoms with Gasteiger partial charge in [0, 0.05) is 0 Å². The van der Waals surface area contributed by atoms with Gasteiger partial charge in [-0.15, -0.1) is 0 Å². The third-order valence-corrected chi connectivity index (χ3v) is 2.59. The third kappa shape index (κ3) is 1.29. The number of hydrogen-bond donors (Lipinski definition) is 1. The Morgan fingerprint density at radius 1 is 1.38 bits per heavy atom. The van der Waals surface area contributed by atoms with E-state index in [0.717, 1.165) is 24.3 Å². The zero-order valence-electron chi connectivity index (χ0n) is 8.00. The summed E-state index contributed by atoms with van der Waals surface area (Å²) in [7, 11) is 0. The van der Waals surface area contributed by atoms with Crippen LogP contribution in [0.5, 0.6) is 0 Å². The van der Waals surface area contributed by atoms with Crippen LogP contribution in [0.3, 0.4) is 0 Å². The molecule has 70 valence electrons. The molecule has 0 radical (unpaired) electrons. The average Bonchev–Trinajstić information content (AvgIpc) is 2.62. The SMILES string of the molecule is Cc1nc(C2(N)CC=CC2)oc1C. The Morgan fingerprint density at radius 3 is 2.46 bits per heavy atom. The van der Waals surface area contributed by atoms with Crippen LogP contribution in [0.1, 0.15) is 30.2 Å². The first-order valence-corrected chi connectivity index (χ1v) is 4.50. The molecule has 0 spiro atoms. The van der Waals surface area contributed by atoms with Gasteiger partial charge in [0.25, 0.3) is 0 Å². The molecule has 0 aliphatic heterocycles. The Morgan fingerprint density at radius 2 is 2.00 bits per heavy atom. The van der Waals surface area contributed by atoms with Crippen LogP contribution in [-0.4, -0.2) is 4.98 Å². The smallest absolute Gasteiger partial charge is 0.215 e. The zero-order valence-corrected chi connectivity index (χ0v) is 8.00. The predicted octanol–water partition coefficient (Wildman–Crippen LogP) is 1.80. The van der Waals surface area contributed by atoms with Crippen molar-refractivity contribution in [2.45, 2.75) is 32.2 Å². The molecule has 1 heterocycles. The summed E-state index contributed by atoms with van der Waals surface area (Å²) in [6.07, 6.45) is 5.81. The molecule has 2 N–H and O–H groups in total. The van der Waals surface area contributed by atoms with Crippen molar-refractivity contribution in [3.8, 4) is 0 Å². The van der Waals surface area contributed by atoms with Gasteiger partial charge in [0.2, 0.25) is 5.89 Å². The largest absolute Gasteiger partial charge is 0.444 e. The molecule has 1 aromatic heterocycles. The van der Waals surface area contributed by atoms with Gasteiger partial charge in [-0.25, -0.2) is 4.98 Å². The number of oxazole rings is 1. The lowest BCUT2D eigenvalue weighted by Crippen LogP contribution is -2.33. The molecule has 0 saturated heterocycles. The van der Waals surface area contributed by atoms with Gasteiger partial charge >= 0.3 is 0 Å². The Hall–Kier alpha value is -1.09. The minimum atomic E-state index is -0.390. The molecule has 0 saturated carbocycles. The van der Waals surface area contributed by atoms with Gasteiger partial charge in [-0.3, -0.25) is 0 Å². The molecule has 3 nitrogen and oxygen atoms in total. The molecule has 0 fully saturated rings. The summed E-state index contributed by atoms with van der Waals surface area (Å²) in [5.74, 6) is 1.54. The highest BCUT2D eigenvalue weighted by atomic mass is 16.4. The molecule has 0 unspecified atom stereocenters. The molecular formula is C10H14N2O. The van der Waals surface area contributed by atoms with Gasteiger partial charge in [-0.2, -0.15) is 0 Å². The molecule has 1 aliphatic carbocycles. The predicted molar refractivity (Wildman–Crippen MR) is 50.2 cm³/mol. The summed E-state index contributed by atoms with van der Waals surface area (Å²) >= 11 is 0. The molecule has 2 rings (SSSR count). The fourth-order valence-electron chi connectivity index (χ4n) is 1.53. The van der Waals surface area contributed by atoms with Crippen LogP contribution in [0.15, 0.2) is 16.6 Å². The van der Waals surface area contributed by atoms with E-state index in [1.54, 1.807) is 0 Å². The first-order chi connectivity index (χ1) is 6.12. The summed E-state index contributed by atoms with van der Waals surface area (Å²) in [5.41, 5.74) is 6.69.